The highest BCUT2D eigenvalue weighted by Gasteiger charge is 2.35. The zero-order valence-electron chi connectivity index (χ0n) is 19.4. The summed E-state index contributed by atoms with van der Waals surface area (Å²) in [5, 5.41) is 8.87. The number of Topliss-reactive ketones (excluding diaryl/α,β-unsaturated/α-hetero) is 1. The largest absolute Gasteiger partial charge is 0.494 e. The second-order valence-electron chi connectivity index (χ2n) is 9.02. The Morgan fingerprint density at radius 1 is 1.03 bits per heavy atom. The summed E-state index contributed by atoms with van der Waals surface area (Å²) in [4.78, 5) is 28.9. The molecular weight excluding hydrogens is 450 g/mol. The maximum absolute atomic E-state index is 12.9. The molecule has 0 N–H and O–H groups in total. The van der Waals surface area contributed by atoms with E-state index in [1.807, 2.05) is 12.1 Å². The van der Waals surface area contributed by atoms with Gasteiger partial charge in [-0.25, -0.2) is 4.79 Å². The number of ketones is 1. The van der Waals surface area contributed by atoms with Crippen LogP contribution in [-0.4, -0.2) is 86.2 Å². The van der Waals surface area contributed by atoms with E-state index in [-0.39, 0.29) is 24.6 Å². The summed E-state index contributed by atoms with van der Waals surface area (Å²) < 4.78 is 22.4. The molecule has 3 aliphatic rings. The van der Waals surface area contributed by atoms with Gasteiger partial charge in [0.05, 0.1) is 37.0 Å². The number of carbonyl (C=O) groups excluding carboxylic acids is 2. The minimum atomic E-state index is -0.464. The first-order valence-corrected chi connectivity index (χ1v) is 11.8. The normalized spacial score (nSPS) is 21.9. The van der Waals surface area contributed by atoms with Gasteiger partial charge in [0, 0.05) is 38.3 Å². The van der Waals surface area contributed by atoms with Crippen molar-refractivity contribution in [3.63, 3.8) is 0 Å². The third kappa shape index (κ3) is 5.80. The van der Waals surface area contributed by atoms with E-state index in [1.165, 1.54) is 0 Å². The van der Waals surface area contributed by atoms with Crippen LogP contribution in [0.4, 0.5) is 0 Å². The summed E-state index contributed by atoms with van der Waals surface area (Å²) in [6, 6.07) is 14.2. The Hall–Kier alpha value is -3.45. The molecule has 2 saturated heterocycles. The molecule has 0 spiro atoms. The van der Waals surface area contributed by atoms with Gasteiger partial charge in [-0.15, -0.1) is 0 Å². The van der Waals surface area contributed by atoms with Gasteiger partial charge in [-0.05, 0) is 48.9 Å². The standard InChI is InChI=1S/C26H27N3O6/c27-11-18-2-5-20(6-3-18)32-9-1-8-28-12-21-14-29(15-22(13-28)34-21)16-23(30)19-4-7-24-25(10-19)35-26(31)17-33-24/h2-7,10,21-22H,1,8-9,12-17H2. The monoisotopic (exact) mass is 477 g/mol. The predicted octanol–water partition coefficient (Wildman–Crippen LogP) is 1.89. The first kappa shape index (κ1) is 23.3. The van der Waals surface area contributed by atoms with Crippen molar-refractivity contribution in [2.75, 3.05) is 52.5 Å². The lowest BCUT2D eigenvalue weighted by Crippen LogP contribution is -2.60. The maximum Gasteiger partial charge on any atom is 0.349 e. The third-order valence-electron chi connectivity index (χ3n) is 6.31. The van der Waals surface area contributed by atoms with Crippen molar-refractivity contribution in [3.05, 3.63) is 53.6 Å². The van der Waals surface area contributed by atoms with Gasteiger partial charge >= 0.3 is 5.97 Å². The fraction of sp³-hybridized carbons (Fsp3) is 0.423. The van der Waals surface area contributed by atoms with Crippen molar-refractivity contribution in [2.24, 2.45) is 0 Å². The highest BCUT2D eigenvalue weighted by atomic mass is 16.6. The molecule has 2 aromatic carbocycles. The Balaban J connectivity index is 1.07. The lowest BCUT2D eigenvalue weighted by Gasteiger charge is -2.45. The molecule has 0 aliphatic carbocycles. The number of hydrogen-bond donors (Lipinski definition) is 0. The Bertz CT molecular complexity index is 1110. The third-order valence-corrected chi connectivity index (χ3v) is 6.31. The van der Waals surface area contributed by atoms with Crippen LogP contribution in [-0.2, 0) is 9.53 Å². The van der Waals surface area contributed by atoms with Crippen LogP contribution in [0.3, 0.4) is 0 Å². The van der Waals surface area contributed by atoms with Crippen LogP contribution in [0.5, 0.6) is 17.2 Å². The second-order valence-corrected chi connectivity index (χ2v) is 9.02. The van der Waals surface area contributed by atoms with Gasteiger partial charge in [0.2, 0.25) is 0 Å². The summed E-state index contributed by atoms with van der Waals surface area (Å²) in [5.41, 5.74) is 1.12. The number of nitrogens with zero attached hydrogens (tertiary/aromatic N) is 3. The quantitative estimate of drug-likeness (QED) is 0.244. The SMILES string of the molecule is N#Cc1ccc(OCCCN2CC3CN(CC(=O)c4ccc5c(c4)OC(=O)CO5)CC(C2)O3)cc1. The summed E-state index contributed by atoms with van der Waals surface area (Å²) in [6.07, 6.45) is 1.02. The average molecular weight is 478 g/mol. The highest BCUT2D eigenvalue weighted by molar-refractivity contribution is 5.98. The molecule has 35 heavy (non-hydrogen) atoms. The second kappa shape index (κ2) is 10.4. The first-order valence-electron chi connectivity index (χ1n) is 11.8. The number of carbonyl (C=O) groups is 2. The molecule has 3 heterocycles. The molecule has 2 atom stereocenters. The van der Waals surface area contributed by atoms with Gasteiger partial charge in [0.25, 0.3) is 0 Å². The molecule has 5 rings (SSSR count). The van der Waals surface area contributed by atoms with E-state index >= 15 is 0 Å². The van der Waals surface area contributed by atoms with Crippen LogP contribution < -0.4 is 14.2 Å². The summed E-state index contributed by atoms with van der Waals surface area (Å²) in [5.74, 6) is 1.06. The number of esters is 1. The summed E-state index contributed by atoms with van der Waals surface area (Å²) in [7, 11) is 0. The molecule has 2 bridgehead atoms. The first-order chi connectivity index (χ1) is 17.1. The van der Waals surface area contributed by atoms with Crippen LogP contribution in [0.2, 0.25) is 0 Å². The Morgan fingerprint density at radius 2 is 1.77 bits per heavy atom. The lowest BCUT2D eigenvalue weighted by atomic mass is 10.1. The Labute approximate surface area is 203 Å². The Morgan fingerprint density at radius 3 is 2.51 bits per heavy atom. The van der Waals surface area contributed by atoms with Crippen molar-refractivity contribution in [1.29, 1.82) is 5.26 Å². The molecule has 2 unspecified atom stereocenters. The van der Waals surface area contributed by atoms with Crippen LogP contribution in [0.1, 0.15) is 22.3 Å². The van der Waals surface area contributed by atoms with Gasteiger partial charge in [0.15, 0.2) is 23.9 Å². The number of benzene rings is 2. The number of nitriles is 1. The maximum atomic E-state index is 12.9. The highest BCUT2D eigenvalue weighted by Crippen LogP contribution is 2.31. The molecule has 9 nitrogen and oxygen atoms in total. The molecule has 9 heteroatoms. The molecule has 2 fully saturated rings. The number of morpholine rings is 2. The van der Waals surface area contributed by atoms with Crippen molar-refractivity contribution < 1.29 is 28.5 Å². The molecule has 0 saturated carbocycles. The number of fused-ring (bicyclic) bond motifs is 3. The topological polar surface area (TPSA) is 101 Å². The molecule has 0 aromatic heterocycles. The van der Waals surface area contributed by atoms with Crippen molar-refractivity contribution in [1.82, 2.24) is 9.80 Å². The lowest BCUT2D eigenvalue weighted by molar-refractivity contribution is -0.138. The number of rotatable bonds is 8. The van der Waals surface area contributed by atoms with E-state index in [9.17, 15) is 9.59 Å². The zero-order valence-corrected chi connectivity index (χ0v) is 19.4. The van der Waals surface area contributed by atoms with E-state index in [4.69, 9.17) is 24.2 Å². The minimum absolute atomic E-state index is 0.0220. The smallest absolute Gasteiger partial charge is 0.349 e. The van der Waals surface area contributed by atoms with E-state index in [0.717, 1.165) is 31.8 Å². The van der Waals surface area contributed by atoms with Gasteiger partial charge in [-0.3, -0.25) is 14.6 Å². The van der Waals surface area contributed by atoms with Crippen LogP contribution in [0.25, 0.3) is 0 Å². The van der Waals surface area contributed by atoms with Crippen molar-refractivity contribution in [2.45, 2.75) is 18.6 Å². The van der Waals surface area contributed by atoms with E-state index in [2.05, 4.69) is 15.9 Å². The number of ether oxygens (including phenoxy) is 4. The minimum Gasteiger partial charge on any atom is -0.494 e. The van der Waals surface area contributed by atoms with Crippen LogP contribution in [0, 0.1) is 11.3 Å². The number of hydrogen-bond acceptors (Lipinski definition) is 9. The van der Waals surface area contributed by atoms with Gasteiger partial charge in [-0.2, -0.15) is 5.26 Å². The molecule has 2 aromatic rings. The average Bonchev–Trinajstić information content (AvgIpc) is 2.86. The molecule has 3 aliphatic heterocycles. The predicted molar refractivity (Wildman–Crippen MR) is 125 cm³/mol. The zero-order chi connectivity index (χ0) is 24.2. The van der Waals surface area contributed by atoms with Gasteiger partial charge in [0.1, 0.15) is 5.75 Å². The molecule has 182 valence electrons. The van der Waals surface area contributed by atoms with E-state index in [0.29, 0.717) is 48.9 Å². The fourth-order valence-corrected chi connectivity index (χ4v) is 4.74. The van der Waals surface area contributed by atoms with Crippen molar-refractivity contribution >= 4 is 11.8 Å². The molecule has 0 amide bonds. The van der Waals surface area contributed by atoms with E-state index in [1.54, 1.807) is 30.3 Å². The summed E-state index contributed by atoms with van der Waals surface area (Å²) in [6.45, 7) is 4.75. The van der Waals surface area contributed by atoms with Crippen LogP contribution in [0.15, 0.2) is 42.5 Å². The van der Waals surface area contributed by atoms with E-state index < -0.39 is 5.97 Å². The Kier molecular flexibility index (Phi) is 6.95. The van der Waals surface area contributed by atoms with Gasteiger partial charge in [-0.1, -0.05) is 0 Å². The molecule has 0 radical (unpaired) electrons. The van der Waals surface area contributed by atoms with Gasteiger partial charge < -0.3 is 18.9 Å². The fourth-order valence-electron chi connectivity index (χ4n) is 4.74. The van der Waals surface area contributed by atoms with Crippen molar-refractivity contribution in [3.8, 4) is 23.3 Å². The summed E-state index contributed by atoms with van der Waals surface area (Å²) >= 11 is 0. The van der Waals surface area contributed by atoms with Crippen LogP contribution >= 0.6 is 0 Å². The molecular formula is C26H27N3O6.